The first-order valence-electron chi connectivity index (χ1n) is 11.0. The van der Waals surface area contributed by atoms with Gasteiger partial charge in [-0.3, -0.25) is 4.79 Å². The monoisotopic (exact) mass is 417 g/mol. The summed E-state index contributed by atoms with van der Waals surface area (Å²) in [4.78, 5) is 14.6. The third-order valence-electron chi connectivity index (χ3n) is 6.02. The quantitative estimate of drug-likeness (QED) is 0.490. The van der Waals surface area contributed by atoms with Gasteiger partial charge in [-0.15, -0.1) is 0 Å². The van der Waals surface area contributed by atoms with Gasteiger partial charge < -0.3 is 9.64 Å². The summed E-state index contributed by atoms with van der Waals surface area (Å²) in [5.74, 6) is 1.16. The highest BCUT2D eigenvalue weighted by atomic mass is 19.1. The number of amides is 1. The maximum atomic E-state index is 13.3. The molecule has 0 N–H and O–H groups in total. The van der Waals surface area contributed by atoms with Crippen LogP contribution in [-0.4, -0.2) is 30.5 Å². The predicted molar refractivity (Wildman–Crippen MR) is 121 cm³/mol. The van der Waals surface area contributed by atoms with Gasteiger partial charge in [-0.1, -0.05) is 60.7 Å². The molecule has 0 bridgehead atoms. The molecular weight excluding hydrogens is 389 g/mol. The van der Waals surface area contributed by atoms with Gasteiger partial charge in [0.05, 0.1) is 0 Å². The molecule has 1 aliphatic rings. The number of hydrogen-bond acceptors (Lipinski definition) is 2. The Hall–Kier alpha value is -3.14. The van der Waals surface area contributed by atoms with Crippen LogP contribution in [0.3, 0.4) is 0 Å². The average Bonchev–Trinajstić information content (AvgIpc) is 2.82. The second-order valence-electron chi connectivity index (χ2n) is 8.14. The largest absolute Gasteiger partial charge is 0.483 e. The summed E-state index contributed by atoms with van der Waals surface area (Å²) in [6, 6.07) is 24.7. The van der Waals surface area contributed by atoms with E-state index in [0.29, 0.717) is 5.92 Å². The first-order valence-corrected chi connectivity index (χ1v) is 11.0. The van der Waals surface area contributed by atoms with Crippen molar-refractivity contribution < 1.29 is 13.9 Å². The van der Waals surface area contributed by atoms with E-state index in [-0.39, 0.29) is 18.3 Å². The number of likely N-dealkylation sites (tertiary alicyclic amines) is 1. The van der Waals surface area contributed by atoms with Gasteiger partial charge in [0.1, 0.15) is 11.6 Å². The van der Waals surface area contributed by atoms with Crippen molar-refractivity contribution in [1.82, 2.24) is 4.90 Å². The highest BCUT2D eigenvalue weighted by Crippen LogP contribution is 2.29. The molecule has 3 nitrogen and oxygen atoms in total. The van der Waals surface area contributed by atoms with Crippen LogP contribution in [0.1, 0.15) is 24.8 Å². The molecule has 4 heteroatoms. The lowest BCUT2D eigenvalue weighted by molar-refractivity contribution is -0.134. The van der Waals surface area contributed by atoms with E-state index in [0.717, 1.165) is 61.2 Å². The molecule has 3 aromatic rings. The summed E-state index contributed by atoms with van der Waals surface area (Å²) in [7, 11) is 0. The predicted octanol–water partition coefficient (Wildman–Crippen LogP) is 5.74. The molecule has 1 saturated heterocycles. The molecule has 1 amide bonds. The van der Waals surface area contributed by atoms with E-state index in [1.54, 1.807) is 12.1 Å². The Balaban J connectivity index is 1.26. The summed E-state index contributed by atoms with van der Waals surface area (Å²) < 4.78 is 19.3. The van der Waals surface area contributed by atoms with Crippen molar-refractivity contribution in [2.45, 2.75) is 25.7 Å². The Morgan fingerprint density at radius 1 is 0.935 bits per heavy atom. The van der Waals surface area contributed by atoms with Crippen LogP contribution in [0.2, 0.25) is 0 Å². The number of hydrogen-bond donors (Lipinski definition) is 0. The molecular formula is C27H28FNO2. The molecule has 0 saturated carbocycles. The fraction of sp³-hybridized carbons (Fsp3) is 0.296. The van der Waals surface area contributed by atoms with Crippen molar-refractivity contribution in [3.63, 3.8) is 0 Å². The third kappa shape index (κ3) is 5.72. The first kappa shape index (κ1) is 21.1. The van der Waals surface area contributed by atoms with Gasteiger partial charge in [-0.2, -0.15) is 0 Å². The van der Waals surface area contributed by atoms with E-state index < -0.39 is 0 Å². The number of benzene rings is 3. The summed E-state index contributed by atoms with van der Waals surface area (Å²) in [5.41, 5.74) is 3.11. The van der Waals surface area contributed by atoms with Crippen molar-refractivity contribution in [2.24, 2.45) is 5.92 Å². The van der Waals surface area contributed by atoms with Gasteiger partial charge in [0.2, 0.25) is 0 Å². The molecule has 31 heavy (non-hydrogen) atoms. The molecule has 3 aromatic carbocycles. The maximum Gasteiger partial charge on any atom is 0.260 e. The Bertz CT molecular complexity index is 997. The van der Waals surface area contributed by atoms with Crippen LogP contribution in [0.5, 0.6) is 5.75 Å². The smallest absolute Gasteiger partial charge is 0.260 e. The van der Waals surface area contributed by atoms with E-state index in [4.69, 9.17) is 4.74 Å². The Kier molecular flexibility index (Phi) is 6.98. The SMILES string of the molecule is O=C(COc1ccccc1-c1ccccc1)N1CCC(CCc2cccc(F)c2)CC1. The van der Waals surface area contributed by atoms with Crippen LogP contribution in [0.15, 0.2) is 78.9 Å². The topological polar surface area (TPSA) is 29.5 Å². The van der Waals surface area contributed by atoms with Crippen molar-refractivity contribution >= 4 is 5.91 Å². The third-order valence-corrected chi connectivity index (χ3v) is 6.02. The molecule has 0 radical (unpaired) electrons. The molecule has 1 heterocycles. The van der Waals surface area contributed by atoms with Crippen molar-refractivity contribution in [3.8, 4) is 16.9 Å². The van der Waals surface area contributed by atoms with Gasteiger partial charge in [-0.25, -0.2) is 4.39 Å². The number of para-hydroxylation sites is 1. The van der Waals surface area contributed by atoms with Crippen LogP contribution in [-0.2, 0) is 11.2 Å². The number of halogens is 1. The van der Waals surface area contributed by atoms with Gasteiger partial charge in [0.15, 0.2) is 6.61 Å². The molecule has 4 rings (SSSR count). The van der Waals surface area contributed by atoms with Gasteiger partial charge >= 0.3 is 0 Å². The summed E-state index contributed by atoms with van der Waals surface area (Å²) >= 11 is 0. The fourth-order valence-corrected chi connectivity index (χ4v) is 4.21. The minimum absolute atomic E-state index is 0.0337. The van der Waals surface area contributed by atoms with E-state index in [1.807, 2.05) is 65.6 Å². The molecule has 1 fully saturated rings. The number of ether oxygens (including phenoxy) is 1. The van der Waals surface area contributed by atoms with Crippen molar-refractivity contribution in [3.05, 3.63) is 90.2 Å². The number of carbonyl (C=O) groups is 1. The number of aryl methyl sites for hydroxylation is 1. The molecule has 160 valence electrons. The zero-order chi connectivity index (χ0) is 21.5. The Morgan fingerprint density at radius 2 is 1.68 bits per heavy atom. The average molecular weight is 418 g/mol. The lowest BCUT2D eigenvalue weighted by Crippen LogP contribution is -2.41. The van der Waals surface area contributed by atoms with Crippen LogP contribution in [0.25, 0.3) is 11.1 Å². The Morgan fingerprint density at radius 3 is 2.45 bits per heavy atom. The number of carbonyl (C=O) groups excluding carboxylic acids is 1. The van der Waals surface area contributed by atoms with E-state index >= 15 is 0 Å². The van der Waals surface area contributed by atoms with Gasteiger partial charge in [-0.05, 0) is 60.9 Å². The van der Waals surface area contributed by atoms with Crippen LogP contribution >= 0.6 is 0 Å². The zero-order valence-corrected chi connectivity index (χ0v) is 17.7. The highest BCUT2D eigenvalue weighted by Gasteiger charge is 2.23. The van der Waals surface area contributed by atoms with E-state index in [2.05, 4.69) is 0 Å². The van der Waals surface area contributed by atoms with Crippen LogP contribution < -0.4 is 4.74 Å². The van der Waals surface area contributed by atoms with Crippen LogP contribution in [0, 0.1) is 11.7 Å². The van der Waals surface area contributed by atoms with Gasteiger partial charge in [0, 0.05) is 18.7 Å². The standard InChI is InChI=1S/C27H28FNO2/c28-24-10-6-7-22(19-24)14-13-21-15-17-29(18-16-21)27(30)20-31-26-12-5-4-11-25(26)23-8-2-1-3-9-23/h1-12,19,21H,13-18,20H2. The lowest BCUT2D eigenvalue weighted by Gasteiger charge is -2.32. The number of piperidine rings is 1. The number of rotatable bonds is 7. The minimum Gasteiger partial charge on any atom is -0.483 e. The van der Waals surface area contributed by atoms with Gasteiger partial charge in [0.25, 0.3) is 5.91 Å². The molecule has 1 aliphatic heterocycles. The first-order chi connectivity index (χ1) is 15.2. The van der Waals surface area contributed by atoms with Crippen molar-refractivity contribution in [1.29, 1.82) is 0 Å². The molecule has 0 atom stereocenters. The zero-order valence-electron chi connectivity index (χ0n) is 17.7. The van der Waals surface area contributed by atoms with E-state index in [9.17, 15) is 9.18 Å². The number of nitrogens with zero attached hydrogens (tertiary/aromatic N) is 1. The summed E-state index contributed by atoms with van der Waals surface area (Å²) in [6.45, 7) is 1.57. The fourth-order valence-electron chi connectivity index (χ4n) is 4.21. The van der Waals surface area contributed by atoms with Crippen molar-refractivity contribution in [2.75, 3.05) is 19.7 Å². The Labute approximate surface area is 183 Å². The van der Waals surface area contributed by atoms with Crippen LogP contribution in [0.4, 0.5) is 4.39 Å². The molecule has 0 unspecified atom stereocenters. The molecule has 0 spiro atoms. The van der Waals surface area contributed by atoms with E-state index in [1.165, 1.54) is 6.07 Å². The molecule has 0 aliphatic carbocycles. The molecule has 0 aromatic heterocycles. The summed E-state index contributed by atoms with van der Waals surface area (Å²) in [5, 5.41) is 0. The second-order valence-corrected chi connectivity index (χ2v) is 8.14. The highest BCUT2D eigenvalue weighted by molar-refractivity contribution is 5.78. The minimum atomic E-state index is -0.174. The summed E-state index contributed by atoms with van der Waals surface area (Å²) in [6.07, 6.45) is 3.89. The maximum absolute atomic E-state index is 13.3. The lowest BCUT2D eigenvalue weighted by atomic mass is 9.90. The normalized spacial score (nSPS) is 14.4. The second kappa shape index (κ2) is 10.3.